The van der Waals surface area contributed by atoms with E-state index < -0.39 is 0 Å². The molecule has 1 unspecified atom stereocenters. The number of anilines is 1. The zero-order valence-electron chi connectivity index (χ0n) is 12.3. The van der Waals surface area contributed by atoms with Gasteiger partial charge in [0.05, 0.1) is 7.11 Å². The molecule has 0 aromatic heterocycles. The van der Waals surface area contributed by atoms with Crippen LogP contribution in [0, 0.1) is 6.92 Å². The highest BCUT2D eigenvalue weighted by Crippen LogP contribution is 2.34. The topological polar surface area (TPSA) is 38.3 Å². The lowest BCUT2D eigenvalue weighted by Crippen LogP contribution is -2.10. The van der Waals surface area contributed by atoms with Crippen molar-refractivity contribution in [2.75, 3.05) is 19.0 Å². The van der Waals surface area contributed by atoms with E-state index in [4.69, 9.17) is 4.74 Å². The second-order valence-corrected chi connectivity index (χ2v) is 5.47. The minimum absolute atomic E-state index is 0.193. The van der Waals surface area contributed by atoms with E-state index in [2.05, 4.69) is 17.4 Å². The molecule has 0 aliphatic carbocycles. The molecule has 1 aliphatic rings. The normalized spacial score (nSPS) is 16.2. The van der Waals surface area contributed by atoms with Gasteiger partial charge in [-0.25, -0.2) is 0 Å². The van der Waals surface area contributed by atoms with Crippen molar-refractivity contribution < 1.29 is 9.53 Å². The van der Waals surface area contributed by atoms with Crippen LogP contribution >= 0.6 is 0 Å². The summed E-state index contributed by atoms with van der Waals surface area (Å²) in [5.41, 5.74) is 4.16. The van der Waals surface area contributed by atoms with Gasteiger partial charge in [-0.15, -0.1) is 0 Å². The Morgan fingerprint density at radius 2 is 2.10 bits per heavy atom. The summed E-state index contributed by atoms with van der Waals surface area (Å²) >= 11 is 0. The molecule has 2 aromatic rings. The molecule has 21 heavy (non-hydrogen) atoms. The van der Waals surface area contributed by atoms with E-state index in [0.29, 0.717) is 6.42 Å². The number of methoxy groups -OCH3 is 1. The number of carbonyl (C=O) groups is 1. The van der Waals surface area contributed by atoms with E-state index in [9.17, 15) is 4.79 Å². The Morgan fingerprint density at radius 1 is 1.29 bits per heavy atom. The van der Waals surface area contributed by atoms with Gasteiger partial charge >= 0.3 is 0 Å². The van der Waals surface area contributed by atoms with Crippen molar-refractivity contribution in [3.8, 4) is 5.75 Å². The van der Waals surface area contributed by atoms with Gasteiger partial charge < -0.3 is 10.1 Å². The predicted octanol–water partition coefficient (Wildman–Crippen LogP) is 3.79. The van der Waals surface area contributed by atoms with Crippen molar-refractivity contribution in [1.29, 1.82) is 0 Å². The van der Waals surface area contributed by atoms with Crippen molar-refractivity contribution in [3.05, 3.63) is 59.2 Å². The van der Waals surface area contributed by atoms with Gasteiger partial charge in [-0.1, -0.05) is 18.2 Å². The summed E-state index contributed by atoms with van der Waals surface area (Å²) in [5.74, 6) is 1.24. The van der Waals surface area contributed by atoms with Gasteiger partial charge in [0, 0.05) is 30.1 Å². The number of ketones is 1. The van der Waals surface area contributed by atoms with E-state index in [1.807, 2.05) is 37.3 Å². The monoisotopic (exact) mass is 281 g/mol. The number of Topliss-reactive ketones (excluding diaryl/α,β-unsaturated/α-hetero) is 1. The molecule has 3 heteroatoms. The van der Waals surface area contributed by atoms with Crippen LogP contribution in [0.25, 0.3) is 0 Å². The summed E-state index contributed by atoms with van der Waals surface area (Å²) in [6, 6.07) is 13.8. The lowest BCUT2D eigenvalue weighted by molar-refractivity contribution is 0.0975. The van der Waals surface area contributed by atoms with Gasteiger partial charge in [-0.05, 0) is 42.3 Å². The Hall–Kier alpha value is -2.29. The van der Waals surface area contributed by atoms with Crippen LogP contribution in [0.15, 0.2) is 42.5 Å². The molecule has 0 radical (unpaired) electrons. The van der Waals surface area contributed by atoms with Gasteiger partial charge in [0.2, 0.25) is 0 Å². The fraction of sp³-hybridized carbons (Fsp3) is 0.278. The van der Waals surface area contributed by atoms with E-state index in [1.165, 1.54) is 5.56 Å². The van der Waals surface area contributed by atoms with E-state index in [-0.39, 0.29) is 11.7 Å². The van der Waals surface area contributed by atoms with Gasteiger partial charge in [0.15, 0.2) is 5.78 Å². The fourth-order valence-corrected chi connectivity index (χ4v) is 2.95. The lowest BCUT2D eigenvalue weighted by atomic mass is 9.92. The molecular weight excluding hydrogens is 262 g/mol. The van der Waals surface area contributed by atoms with E-state index in [0.717, 1.165) is 29.1 Å². The summed E-state index contributed by atoms with van der Waals surface area (Å²) in [6.07, 6.45) is 0.539. The van der Waals surface area contributed by atoms with Crippen LogP contribution in [0.5, 0.6) is 5.75 Å². The zero-order chi connectivity index (χ0) is 14.8. The molecule has 1 heterocycles. The Labute approximate surface area is 124 Å². The van der Waals surface area contributed by atoms with Crippen LogP contribution in [0.1, 0.15) is 33.8 Å². The Bertz CT molecular complexity index is 679. The molecule has 2 aromatic carbocycles. The molecule has 3 nitrogen and oxygen atoms in total. The molecule has 0 bridgehead atoms. The first-order valence-electron chi connectivity index (χ1n) is 7.19. The van der Waals surface area contributed by atoms with Gasteiger partial charge in [0.25, 0.3) is 0 Å². The molecule has 0 amide bonds. The largest absolute Gasteiger partial charge is 0.497 e. The number of aryl methyl sites for hydroxylation is 1. The quantitative estimate of drug-likeness (QED) is 0.867. The number of carbonyl (C=O) groups excluding carboxylic acids is 1. The number of nitrogens with one attached hydrogen (secondary N) is 1. The number of fused-ring (bicyclic) bond motifs is 1. The molecule has 1 aliphatic heterocycles. The molecule has 0 saturated heterocycles. The number of ether oxygens (including phenoxy) is 1. The predicted molar refractivity (Wildman–Crippen MR) is 84.4 cm³/mol. The summed E-state index contributed by atoms with van der Waals surface area (Å²) in [5, 5.41) is 3.37. The highest BCUT2D eigenvalue weighted by Gasteiger charge is 2.25. The summed E-state index contributed by atoms with van der Waals surface area (Å²) in [7, 11) is 1.64. The van der Waals surface area contributed by atoms with Gasteiger partial charge in [-0.3, -0.25) is 4.79 Å². The number of rotatable bonds is 4. The van der Waals surface area contributed by atoms with Crippen LogP contribution in [-0.4, -0.2) is 19.4 Å². The average molecular weight is 281 g/mol. The van der Waals surface area contributed by atoms with Crippen LogP contribution in [-0.2, 0) is 0 Å². The molecule has 3 rings (SSSR count). The van der Waals surface area contributed by atoms with Crippen molar-refractivity contribution in [2.45, 2.75) is 19.3 Å². The number of para-hydroxylation sites is 1. The highest BCUT2D eigenvalue weighted by atomic mass is 16.5. The summed E-state index contributed by atoms with van der Waals surface area (Å²) in [6.45, 7) is 2.79. The maximum atomic E-state index is 12.6. The smallest absolute Gasteiger partial charge is 0.163 e. The first kappa shape index (κ1) is 13.7. The summed E-state index contributed by atoms with van der Waals surface area (Å²) in [4.78, 5) is 12.6. The standard InChI is InChI=1S/C18H19NO2/c1-12-9-14(21-2)7-8-15(12)18(20)10-13-11-19-17-6-4-3-5-16(13)17/h3-9,13,19H,10-11H2,1-2H3. The highest BCUT2D eigenvalue weighted by molar-refractivity contribution is 5.98. The molecule has 0 fully saturated rings. The van der Waals surface area contributed by atoms with E-state index in [1.54, 1.807) is 7.11 Å². The maximum Gasteiger partial charge on any atom is 0.163 e. The minimum Gasteiger partial charge on any atom is -0.497 e. The molecule has 0 saturated carbocycles. The van der Waals surface area contributed by atoms with Crippen LogP contribution < -0.4 is 10.1 Å². The second-order valence-electron chi connectivity index (χ2n) is 5.47. The van der Waals surface area contributed by atoms with Crippen molar-refractivity contribution in [3.63, 3.8) is 0 Å². The van der Waals surface area contributed by atoms with Gasteiger partial charge in [0.1, 0.15) is 5.75 Å². The minimum atomic E-state index is 0.193. The Morgan fingerprint density at radius 3 is 2.86 bits per heavy atom. The van der Waals surface area contributed by atoms with Gasteiger partial charge in [-0.2, -0.15) is 0 Å². The summed E-state index contributed by atoms with van der Waals surface area (Å²) < 4.78 is 5.19. The molecule has 0 spiro atoms. The lowest BCUT2D eigenvalue weighted by Gasteiger charge is -2.11. The number of hydrogen-bond donors (Lipinski definition) is 1. The fourth-order valence-electron chi connectivity index (χ4n) is 2.95. The van der Waals surface area contributed by atoms with E-state index >= 15 is 0 Å². The SMILES string of the molecule is COc1ccc(C(=O)CC2CNc3ccccc32)c(C)c1. The van der Waals surface area contributed by atoms with Crippen molar-refractivity contribution in [2.24, 2.45) is 0 Å². The van der Waals surface area contributed by atoms with Crippen molar-refractivity contribution in [1.82, 2.24) is 0 Å². The molecule has 108 valence electrons. The molecule has 1 N–H and O–H groups in total. The number of hydrogen-bond acceptors (Lipinski definition) is 3. The first-order chi connectivity index (χ1) is 10.2. The Kier molecular flexibility index (Phi) is 3.65. The molecular formula is C18H19NO2. The third kappa shape index (κ3) is 2.64. The van der Waals surface area contributed by atoms with Crippen LogP contribution in [0.3, 0.4) is 0 Å². The second kappa shape index (κ2) is 5.60. The van der Waals surface area contributed by atoms with Crippen molar-refractivity contribution >= 4 is 11.5 Å². The first-order valence-corrected chi connectivity index (χ1v) is 7.19. The molecule has 1 atom stereocenters. The third-order valence-corrected chi connectivity index (χ3v) is 4.11. The number of benzene rings is 2. The zero-order valence-corrected chi connectivity index (χ0v) is 12.3. The van der Waals surface area contributed by atoms with Crippen LogP contribution in [0.2, 0.25) is 0 Å². The maximum absolute atomic E-state index is 12.6. The average Bonchev–Trinajstić information content (AvgIpc) is 2.90. The third-order valence-electron chi connectivity index (χ3n) is 4.11. The Balaban J connectivity index is 1.79. The van der Waals surface area contributed by atoms with Crippen LogP contribution in [0.4, 0.5) is 5.69 Å².